The van der Waals surface area contributed by atoms with Crippen LogP contribution in [0.1, 0.15) is 0 Å². The van der Waals surface area contributed by atoms with Crippen LogP contribution in [0, 0.1) is 0 Å². The molecule has 1 saturated heterocycles. The van der Waals surface area contributed by atoms with Gasteiger partial charge in [-0.25, -0.2) is 4.79 Å². The zero-order valence-corrected chi connectivity index (χ0v) is 12.4. The molecule has 0 bridgehead atoms. The molecule has 21 heavy (non-hydrogen) atoms. The fourth-order valence-electron chi connectivity index (χ4n) is 1.94. The first-order chi connectivity index (χ1) is 10.1. The quantitative estimate of drug-likeness (QED) is 0.892. The first-order valence-electron chi connectivity index (χ1n) is 6.61. The van der Waals surface area contributed by atoms with E-state index < -0.39 is 0 Å². The van der Waals surface area contributed by atoms with E-state index >= 15 is 0 Å². The van der Waals surface area contributed by atoms with Crippen molar-refractivity contribution in [3.8, 4) is 11.5 Å². The number of anilines is 1. The van der Waals surface area contributed by atoms with Crippen LogP contribution in [0.5, 0.6) is 11.5 Å². The van der Waals surface area contributed by atoms with Crippen LogP contribution in [0.4, 0.5) is 10.5 Å². The number of nitrogens with zero attached hydrogens (tertiary/aromatic N) is 1. The Balaban J connectivity index is 2.00. The average molecular weight is 296 g/mol. The molecule has 0 aliphatic carbocycles. The third kappa shape index (κ3) is 3.99. The van der Waals surface area contributed by atoms with Gasteiger partial charge in [0.1, 0.15) is 11.5 Å². The van der Waals surface area contributed by atoms with Crippen molar-refractivity contribution >= 4 is 11.7 Å². The van der Waals surface area contributed by atoms with Gasteiger partial charge in [-0.2, -0.15) is 0 Å². The second-order valence-corrected chi connectivity index (χ2v) is 4.55. The van der Waals surface area contributed by atoms with Gasteiger partial charge in [-0.15, -0.1) is 0 Å². The van der Waals surface area contributed by atoms with Crippen LogP contribution in [-0.4, -0.2) is 58.2 Å². The highest BCUT2D eigenvalue weighted by molar-refractivity contribution is 5.91. The maximum absolute atomic E-state index is 12.2. The van der Waals surface area contributed by atoms with Gasteiger partial charge in [0.15, 0.2) is 6.29 Å². The second-order valence-electron chi connectivity index (χ2n) is 4.55. The number of hydrogen-bond acceptors (Lipinski definition) is 5. The van der Waals surface area contributed by atoms with E-state index in [1.807, 2.05) is 0 Å². The summed E-state index contributed by atoms with van der Waals surface area (Å²) < 4.78 is 21.0. The molecule has 0 saturated carbocycles. The van der Waals surface area contributed by atoms with Crippen LogP contribution in [0.2, 0.25) is 0 Å². The van der Waals surface area contributed by atoms with E-state index in [-0.39, 0.29) is 12.3 Å². The lowest BCUT2D eigenvalue weighted by Crippen LogP contribution is -2.37. The minimum Gasteiger partial charge on any atom is -0.497 e. The molecule has 1 aliphatic rings. The van der Waals surface area contributed by atoms with Crippen LogP contribution < -0.4 is 14.8 Å². The zero-order valence-electron chi connectivity index (χ0n) is 12.4. The second kappa shape index (κ2) is 7.14. The first-order valence-corrected chi connectivity index (χ1v) is 6.61. The molecule has 7 heteroatoms. The summed E-state index contributed by atoms with van der Waals surface area (Å²) in [5.74, 6) is 1.20. The molecule has 2 rings (SSSR count). The highest BCUT2D eigenvalue weighted by atomic mass is 16.7. The third-order valence-corrected chi connectivity index (χ3v) is 3.11. The lowest BCUT2D eigenvalue weighted by atomic mass is 10.2. The average Bonchev–Trinajstić information content (AvgIpc) is 2.99. The number of likely N-dealkylation sites (N-methyl/N-ethyl adjacent to an activating group) is 1. The summed E-state index contributed by atoms with van der Waals surface area (Å²) in [4.78, 5) is 13.7. The highest BCUT2D eigenvalue weighted by Crippen LogP contribution is 2.29. The van der Waals surface area contributed by atoms with Crippen molar-refractivity contribution in [1.29, 1.82) is 0 Å². The number of methoxy groups -OCH3 is 2. The molecule has 1 aliphatic heterocycles. The first kappa shape index (κ1) is 15.4. The fourth-order valence-corrected chi connectivity index (χ4v) is 1.94. The van der Waals surface area contributed by atoms with Crippen LogP contribution in [-0.2, 0) is 9.47 Å². The number of ether oxygens (including phenoxy) is 4. The maximum atomic E-state index is 12.2. The van der Waals surface area contributed by atoms with Crippen molar-refractivity contribution in [3.05, 3.63) is 18.2 Å². The molecule has 1 aromatic carbocycles. The normalized spacial score (nSPS) is 14.8. The van der Waals surface area contributed by atoms with Crippen molar-refractivity contribution in [1.82, 2.24) is 4.90 Å². The topological polar surface area (TPSA) is 69.3 Å². The monoisotopic (exact) mass is 296 g/mol. The fraction of sp³-hybridized carbons (Fsp3) is 0.500. The van der Waals surface area contributed by atoms with Gasteiger partial charge in [-0.3, -0.25) is 0 Å². The van der Waals surface area contributed by atoms with Gasteiger partial charge in [-0.05, 0) is 12.1 Å². The third-order valence-electron chi connectivity index (χ3n) is 3.11. The minimum absolute atomic E-state index is 0.277. The van der Waals surface area contributed by atoms with E-state index in [1.165, 1.54) is 4.90 Å². The molecule has 0 aromatic heterocycles. The predicted molar refractivity (Wildman–Crippen MR) is 76.9 cm³/mol. The SMILES string of the molecule is COc1ccc(OC)c(NC(=O)N(C)CC2OCCO2)c1. The Morgan fingerprint density at radius 3 is 2.67 bits per heavy atom. The Bertz CT molecular complexity index is 488. The summed E-state index contributed by atoms with van der Waals surface area (Å²) in [6, 6.07) is 4.92. The van der Waals surface area contributed by atoms with Gasteiger partial charge in [0.25, 0.3) is 0 Å². The van der Waals surface area contributed by atoms with Crippen LogP contribution in [0.3, 0.4) is 0 Å². The number of urea groups is 1. The predicted octanol–water partition coefficient (Wildman–Crippen LogP) is 1.54. The van der Waals surface area contributed by atoms with Crippen LogP contribution in [0.15, 0.2) is 18.2 Å². The summed E-state index contributed by atoms with van der Waals surface area (Å²) in [6.45, 7) is 1.48. The Hall–Kier alpha value is -1.99. The molecule has 0 radical (unpaired) electrons. The number of nitrogens with one attached hydrogen (secondary N) is 1. The van der Waals surface area contributed by atoms with Crippen molar-refractivity contribution in [2.45, 2.75) is 6.29 Å². The number of rotatable bonds is 5. The van der Waals surface area contributed by atoms with E-state index in [0.717, 1.165) is 0 Å². The molecule has 0 atom stereocenters. The molecular formula is C14H20N2O5. The van der Waals surface area contributed by atoms with Crippen molar-refractivity contribution in [2.24, 2.45) is 0 Å². The molecule has 1 aromatic rings. The number of carbonyl (C=O) groups excluding carboxylic acids is 1. The van der Waals surface area contributed by atoms with Crippen molar-refractivity contribution in [3.63, 3.8) is 0 Å². The van der Waals surface area contributed by atoms with E-state index in [4.69, 9.17) is 18.9 Å². The Labute approximate surface area is 123 Å². The molecule has 1 N–H and O–H groups in total. The molecule has 1 fully saturated rings. The summed E-state index contributed by atoms with van der Waals surface area (Å²) >= 11 is 0. The summed E-state index contributed by atoms with van der Waals surface area (Å²) in [5.41, 5.74) is 0.543. The van der Waals surface area contributed by atoms with E-state index in [1.54, 1.807) is 39.5 Å². The number of benzene rings is 1. The molecule has 2 amide bonds. The van der Waals surface area contributed by atoms with Crippen molar-refractivity contribution in [2.75, 3.05) is 46.3 Å². The molecule has 116 valence electrons. The minimum atomic E-state index is -0.368. The van der Waals surface area contributed by atoms with Gasteiger partial charge in [0.05, 0.1) is 39.7 Å². The Morgan fingerprint density at radius 2 is 2.05 bits per heavy atom. The maximum Gasteiger partial charge on any atom is 0.321 e. The summed E-state index contributed by atoms with van der Waals surface area (Å²) in [7, 11) is 4.78. The van der Waals surface area contributed by atoms with Gasteiger partial charge < -0.3 is 29.2 Å². The van der Waals surface area contributed by atoms with Gasteiger partial charge >= 0.3 is 6.03 Å². The highest BCUT2D eigenvalue weighted by Gasteiger charge is 2.21. The lowest BCUT2D eigenvalue weighted by molar-refractivity contribution is -0.0518. The molecule has 1 heterocycles. The number of amides is 2. The lowest BCUT2D eigenvalue weighted by Gasteiger charge is -2.21. The molecular weight excluding hydrogens is 276 g/mol. The van der Waals surface area contributed by atoms with Gasteiger partial charge in [0, 0.05) is 13.1 Å². The Morgan fingerprint density at radius 1 is 1.33 bits per heavy atom. The van der Waals surface area contributed by atoms with Gasteiger partial charge in [0.2, 0.25) is 0 Å². The van der Waals surface area contributed by atoms with Crippen LogP contribution >= 0.6 is 0 Å². The van der Waals surface area contributed by atoms with Gasteiger partial charge in [-0.1, -0.05) is 0 Å². The molecule has 0 spiro atoms. The van der Waals surface area contributed by atoms with Crippen molar-refractivity contribution < 1.29 is 23.7 Å². The zero-order chi connectivity index (χ0) is 15.2. The van der Waals surface area contributed by atoms with E-state index in [2.05, 4.69) is 5.32 Å². The Kier molecular flexibility index (Phi) is 5.24. The largest absolute Gasteiger partial charge is 0.497 e. The molecule has 0 unspecified atom stereocenters. The van der Waals surface area contributed by atoms with E-state index in [9.17, 15) is 4.79 Å². The molecule has 7 nitrogen and oxygen atoms in total. The number of hydrogen-bond donors (Lipinski definition) is 1. The van der Waals surface area contributed by atoms with Crippen LogP contribution in [0.25, 0.3) is 0 Å². The summed E-state index contributed by atoms with van der Waals surface area (Å²) in [6.07, 6.45) is -0.368. The standard InChI is InChI=1S/C14H20N2O5/c1-16(9-13-20-6-7-21-13)14(17)15-11-8-10(18-2)4-5-12(11)19-3/h4-5,8,13H,6-7,9H2,1-3H3,(H,15,17). The number of carbonyl (C=O) groups is 1. The van der Waals surface area contributed by atoms with E-state index in [0.29, 0.717) is 36.9 Å². The summed E-state index contributed by atoms with van der Waals surface area (Å²) in [5, 5.41) is 2.78. The smallest absolute Gasteiger partial charge is 0.321 e.